The highest BCUT2D eigenvalue weighted by Gasteiger charge is 2.68. The number of ether oxygens (including phenoxy) is 1. The van der Waals surface area contributed by atoms with Gasteiger partial charge in [0.2, 0.25) is 5.13 Å². The highest BCUT2D eigenvalue weighted by atomic mass is 35.5. The van der Waals surface area contributed by atoms with Gasteiger partial charge in [-0.2, -0.15) is 0 Å². The van der Waals surface area contributed by atoms with Crippen molar-refractivity contribution in [2.45, 2.75) is 76.3 Å². The molecule has 5 rings (SSSR count). The maximum atomic E-state index is 13.5. The van der Waals surface area contributed by atoms with Crippen LogP contribution < -0.4 is 5.32 Å². The zero-order valence-electron chi connectivity index (χ0n) is 24.4. The molecule has 8 atom stereocenters. The molecule has 8 nitrogen and oxygen atoms in total. The molecule has 0 saturated heterocycles. The van der Waals surface area contributed by atoms with E-state index in [9.17, 15) is 19.5 Å². The molecule has 3 fully saturated rings. The zero-order valence-corrected chi connectivity index (χ0v) is 26.8. The Morgan fingerprint density at radius 1 is 1.24 bits per heavy atom. The summed E-state index contributed by atoms with van der Waals surface area (Å²) in [6.07, 6.45) is 3.96. The number of carbonyl (C=O) groups is 3. The van der Waals surface area contributed by atoms with E-state index in [0.29, 0.717) is 32.9 Å². The third-order valence-electron chi connectivity index (χ3n) is 10.6. The van der Waals surface area contributed by atoms with Crippen LogP contribution >= 0.6 is 34.7 Å². The molecule has 226 valence electrons. The minimum atomic E-state index is -0.708. The molecule has 3 aliphatic carbocycles. The molecule has 11 heteroatoms. The number of hydrogen-bond acceptors (Lipinski definition) is 9. The molecule has 2 aromatic rings. The fraction of sp³-hybridized carbons (Fsp3) is 0.581. The Morgan fingerprint density at radius 2 is 1.95 bits per heavy atom. The van der Waals surface area contributed by atoms with E-state index in [-0.39, 0.29) is 40.6 Å². The van der Waals surface area contributed by atoms with Crippen molar-refractivity contribution in [2.75, 3.05) is 11.1 Å². The second-order valence-corrected chi connectivity index (χ2v) is 15.3. The van der Waals surface area contributed by atoms with Crippen LogP contribution in [0.4, 0.5) is 5.13 Å². The maximum absolute atomic E-state index is 13.5. The normalized spacial score (nSPS) is 36.0. The van der Waals surface area contributed by atoms with Crippen molar-refractivity contribution in [1.29, 1.82) is 0 Å². The van der Waals surface area contributed by atoms with Gasteiger partial charge in [0.25, 0.3) is 5.91 Å². The van der Waals surface area contributed by atoms with Gasteiger partial charge in [0.1, 0.15) is 11.9 Å². The zero-order chi connectivity index (χ0) is 30.4. The number of amides is 1. The molecule has 1 aromatic carbocycles. The number of Topliss-reactive ketones (excluding diaryl/α,β-unsaturated/α-hetero) is 1. The van der Waals surface area contributed by atoms with E-state index in [2.05, 4.69) is 42.9 Å². The Hall–Kier alpha value is -2.27. The number of benzene rings is 1. The standard InChI is InChI=1S/C31H38ClN3O5S2/c1-6-29(4)15-22(30(5)17(2)11-13-31(18(3)25(29)38)14-12-21(36)24(30)31)40-23(37)16-41-28-35-34-27(42-28)33-26(39)19-7-9-20(32)10-8-19/h6-10,17-18,22,24-25,38H,1,11-16H2,2-5H3,(H,33,34,39)/t17-,18+,22-,24+,25+,29-,30+,31+/m1/s1. The van der Waals surface area contributed by atoms with Gasteiger partial charge in [0.05, 0.1) is 11.9 Å². The van der Waals surface area contributed by atoms with Crippen LogP contribution in [-0.4, -0.2) is 50.9 Å². The number of aliphatic hydroxyl groups excluding tert-OH is 1. The van der Waals surface area contributed by atoms with Crippen LogP contribution in [0.25, 0.3) is 0 Å². The van der Waals surface area contributed by atoms with Crippen LogP contribution in [0.2, 0.25) is 5.02 Å². The number of nitrogens with one attached hydrogen (secondary N) is 1. The molecule has 3 saturated carbocycles. The molecule has 42 heavy (non-hydrogen) atoms. The first-order valence-electron chi connectivity index (χ1n) is 14.4. The number of carbonyl (C=O) groups excluding carboxylic acids is 3. The third-order valence-corrected chi connectivity index (χ3v) is 12.8. The second kappa shape index (κ2) is 11.7. The summed E-state index contributed by atoms with van der Waals surface area (Å²) in [5.41, 5.74) is -1.13. The highest BCUT2D eigenvalue weighted by molar-refractivity contribution is 8.01. The van der Waals surface area contributed by atoms with Gasteiger partial charge in [0, 0.05) is 33.8 Å². The van der Waals surface area contributed by atoms with Crippen LogP contribution in [-0.2, 0) is 14.3 Å². The van der Waals surface area contributed by atoms with Crippen molar-refractivity contribution in [3.8, 4) is 0 Å². The van der Waals surface area contributed by atoms with Gasteiger partial charge in [-0.15, -0.1) is 16.8 Å². The van der Waals surface area contributed by atoms with Gasteiger partial charge in [-0.05, 0) is 67.2 Å². The number of anilines is 1. The summed E-state index contributed by atoms with van der Waals surface area (Å²) in [6, 6.07) is 6.51. The first-order chi connectivity index (χ1) is 19.8. The van der Waals surface area contributed by atoms with Gasteiger partial charge < -0.3 is 9.84 Å². The fourth-order valence-corrected chi connectivity index (χ4v) is 9.56. The summed E-state index contributed by atoms with van der Waals surface area (Å²) in [4.78, 5) is 39.4. The Bertz CT molecular complexity index is 1380. The Kier molecular flexibility index (Phi) is 8.66. The van der Waals surface area contributed by atoms with E-state index in [4.69, 9.17) is 16.3 Å². The Balaban J connectivity index is 1.32. The van der Waals surface area contributed by atoms with Crippen molar-refractivity contribution in [3.05, 3.63) is 47.5 Å². The average molecular weight is 632 g/mol. The van der Waals surface area contributed by atoms with E-state index < -0.39 is 29.0 Å². The number of hydrogen-bond donors (Lipinski definition) is 2. The van der Waals surface area contributed by atoms with Crippen LogP contribution in [0.3, 0.4) is 0 Å². The van der Waals surface area contributed by atoms with E-state index in [1.165, 1.54) is 23.1 Å². The van der Waals surface area contributed by atoms with E-state index in [1.54, 1.807) is 30.3 Å². The number of nitrogens with zero attached hydrogens (tertiary/aromatic N) is 2. The first kappa shape index (κ1) is 31.2. The molecule has 0 spiro atoms. The Morgan fingerprint density at radius 3 is 2.64 bits per heavy atom. The molecule has 2 N–H and O–H groups in total. The van der Waals surface area contributed by atoms with E-state index >= 15 is 0 Å². The summed E-state index contributed by atoms with van der Waals surface area (Å²) in [5, 5.41) is 23.4. The smallest absolute Gasteiger partial charge is 0.316 e. The molecule has 2 bridgehead atoms. The molecular weight excluding hydrogens is 594 g/mol. The molecule has 0 aliphatic heterocycles. The fourth-order valence-electron chi connectivity index (χ4n) is 7.90. The minimum absolute atomic E-state index is 0.00571. The molecule has 0 unspecified atom stereocenters. The topological polar surface area (TPSA) is 118 Å². The predicted octanol–water partition coefficient (Wildman–Crippen LogP) is 6.44. The van der Waals surface area contributed by atoms with E-state index in [1.807, 2.05) is 6.92 Å². The first-order valence-corrected chi connectivity index (χ1v) is 16.6. The number of esters is 1. The summed E-state index contributed by atoms with van der Waals surface area (Å²) < 4.78 is 6.80. The third kappa shape index (κ3) is 5.33. The lowest BCUT2D eigenvalue weighted by Crippen LogP contribution is -2.63. The van der Waals surface area contributed by atoms with Crippen LogP contribution in [0.5, 0.6) is 0 Å². The largest absolute Gasteiger partial charge is 0.461 e. The molecular formula is C31H38ClN3O5S2. The van der Waals surface area contributed by atoms with Crippen LogP contribution in [0, 0.1) is 34.0 Å². The van der Waals surface area contributed by atoms with Gasteiger partial charge >= 0.3 is 5.97 Å². The van der Waals surface area contributed by atoms with E-state index in [0.717, 1.165) is 19.3 Å². The number of aromatic nitrogens is 2. The maximum Gasteiger partial charge on any atom is 0.316 e. The lowest BCUT2D eigenvalue weighted by atomic mass is 9.44. The van der Waals surface area contributed by atoms with Crippen molar-refractivity contribution in [3.63, 3.8) is 0 Å². The molecule has 3 aliphatic rings. The van der Waals surface area contributed by atoms with Gasteiger partial charge in [-0.25, -0.2) is 0 Å². The van der Waals surface area contributed by atoms with Gasteiger partial charge in [0.15, 0.2) is 4.34 Å². The molecule has 1 amide bonds. The molecule has 1 heterocycles. The lowest BCUT2D eigenvalue weighted by molar-refractivity contribution is -0.205. The number of halogens is 1. The van der Waals surface area contributed by atoms with Gasteiger partial charge in [-0.1, -0.05) is 68.5 Å². The number of ketones is 1. The van der Waals surface area contributed by atoms with Crippen molar-refractivity contribution < 1.29 is 24.2 Å². The number of rotatable bonds is 7. The Labute approximate surface area is 260 Å². The molecule has 0 radical (unpaired) electrons. The number of aliphatic hydroxyl groups is 1. The van der Waals surface area contributed by atoms with Crippen molar-refractivity contribution >= 4 is 57.5 Å². The second-order valence-electron chi connectivity index (χ2n) is 12.7. The van der Waals surface area contributed by atoms with Crippen molar-refractivity contribution in [1.82, 2.24) is 10.2 Å². The SMILES string of the molecule is C=C[C@]1(C)C[C@@H](OC(=O)CSc2nnc(NC(=O)c3ccc(Cl)cc3)s2)[C@]2(C)[C@H](C)CC[C@]3(CCC(=O)[C@H]32)[C@@H](C)[C@@H]1O. The number of thioether (sulfide) groups is 1. The minimum Gasteiger partial charge on any atom is -0.461 e. The van der Waals surface area contributed by atoms with Crippen molar-refractivity contribution in [2.24, 2.45) is 34.0 Å². The predicted molar refractivity (Wildman–Crippen MR) is 165 cm³/mol. The monoisotopic (exact) mass is 631 g/mol. The summed E-state index contributed by atoms with van der Waals surface area (Å²) in [7, 11) is 0. The van der Waals surface area contributed by atoms with Gasteiger partial charge in [-0.3, -0.25) is 19.7 Å². The summed E-state index contributed by atoms with van der Waals surface area (Å²) in [5.74, 6) is -0.726. The van der Waals surface area contributed by atoms with Crippen LogP contribution in [0.1, 0.15) is 70.2 Å². The average Bonchev–Trinajstić information content (AvgIpc) is 3.57. The quantitative estimate of drug-likeness (QED) is 0.155. The highest BCUT2D eigenvalue weighted by Crippen LogP contribution is 2.68. The lowest BCUT2D eigenvalue weighted by Gasteiger charge is -2.61. The summed E-state index contributed by atoms with van der Waals surface area (Å²) >= 11 is 8.25. The molecule has 1 aromatic heterocycles. The van der Waals surface area contributed by atoms with Crippen LogP contribution in [0.15, 0.2) is 41.3 Å². The summed E-state index contributed by atoms with van der Waals surface area (Å²) in [6.45, 7) is 12.4.